The highest BCUT2D eigenvalue weighted by atomic mass is 16.5. The van der Waals surface area contributed by atoms with E-state index in [9.17, 15) is 4.79 Å². The lowest BCUT2D eigenvalue weighted by Crippen LogP contribution is -2.24. The third kappa shape index (κ3) is 4.59. The third-order valence-corrected chi connectivity index (χ3v) is 5.23. The monoisotopic (exact) mass is 407 g/mol. The topological polar surface area (TPSA) is 91.2 Å². The minimum absolute atomic E-state index is 0.195. The van der Waals surface area contributed by atoms with Crippen LogP contribution < -0.4 is 20.3 Å². The maximum Gasteiger partial charge on any atom is 0.290 e. The van der Waals surface area contributed by atoms with Crippen LogP contribution in [0.1, 0.15) is 29.3 Å². The zero-order valence-corrected chi connectivity index (χ0v) is 17.3. The molecular weight excluding hydrogens is 382 g/mol. The Labute approximate surface area is 174 Å². The molecule has 30 heavy (non-hydrogen) atoms. The third-order valence-electron chi connectivity index (χ3n) is 5.23. The molecule has 1 N–H and O–H groups in total. The summed E-state index contributed by atoms with van der Waals surface area (Å²) in [6, 6.07) is 9.49. The summed E-state index contributed by atoms with van der Waals surface area (Å²) < 4.78 is 12.4. The number of anilines is 1. The van der Waals surface area contributed by atoms with Gasteiger partial charge in [-0.3, -0.25) is 14.8 Å². The van der Waals surface area contributed by atoms with Gasteiger partial charge in [0.25, 0.3) is 5.56 Å². The molecule has 8 heteroatoms. The van der Waals surface area contributed by atoms with E-state index in [0.29, 0.717) is 36.6 Å². The van der Waals surface area contributed by atoms with E-state index >= 15 is 0 Å². The van der Waals surface area contributed by atoms with Crippen molar-refractivity contribution < 1.29 is 9.47 Å². The van der Waals surface area contributed by atoms with Crippen LogP contribution in [0.4, 0.5) is 5.69 Å². The van der Waals surface area contributed by atoms with E-state index < -0.39 is 0 Å². The molecular formula is C22H25N5O3. The first-order chi connectivity index (χ1) is 14.5. The molecule has 0 spiro atoms. The molecule has 3 aromatic rings. The van der Waals surface area contributed by atoms with Gasteiger partial charge in [-0.1, -0.05) is 0 Å². The highest BCUT2D eigenvalue weighted by Gasteiger charge is 2.40. The molecule has 2 unspecified atom stereocenters. The number of nitrogens with one attached hydrogen (secondary N) is 1. The van der Waals surface area contributed by atoms with Crippen molar-refractivity contribution in [2.75, 3.05) is 19.0 Å². The van der Waals surface area contributed by atoms with Crippen LogP contribution in [0.25, 0.3) is 0 Å². The van der Waals surface area contributed by atoms with Crippen molar-refractivity contribution in [3.05, 3.63) is 70.0 Å². The molecule has 4 rings (SSSR count). The van der Waals surface area contributed by atoms with E-state index in [1.165, 1.54) is 4.68 Å². The zero-order chi connectivity index (χ0) is 21.1. The smallest absolute Gasteiger partial charge is 0.290 e. The predicted molar refractivity (Wildman–Crippen MR) is 113 cm³/mol. The Balaban J connectivity index is 1.37. The fourth-order valence-corrected chi connectivity index (χ4v) is 3.41. The maximum absolute atomic E-state index is 12.4. The Morgan fingerprint density at radius 1 is 1.23 bits per heavy atom. The molecule has 1 fully saturated rings. The van der Waals surface area contributed by atoms with Crippen molar-refractivity contribution in [2.45, 2.75) is 25.8 Å². The van der Waals surface area contributed by atoms with Gasteiger partial charge in [-0.15, -0.1) is 5.10 Å². The van der Waals surface area contributed by atoms with E-state index in [4.69, 9.17) is 9.47 Å². The number of nitrogens with zero attached hydrogens (tertiary/aromatic N) is 4. The van der Waals surface area contributed by atoms with Gasteiger partial charge < -0.3 is 14.8 Å². The number of hydrogen-bond acceptors (Lipinski definition) is 7. The van der Waals surface area contributed by atoms with Crippen LogP contribution >= 0.6 is 0 Å². The quantitative estimate of drug-likeness (QED) is 0.614. The van der Waals surface area contributed by atoms with Crippen LogP contribution in [0.5, 0.6) is 11.6 Å². The largest absolute Gasteiger partial charge is 0.495 e. The van der Waals surface area contributed by atoms with E-state index in [1.807, 2.05) is 31.2 Å². The van der Waals surface area contributed by atoms with Gasteiger partial charge in [0.15, 0.2) is 0 Å². The van der Waals surface area contributed by atoms with Gasteiger partial charge in [0.05, 0.1) is 19.9 Å². The molecule has 0 amide bonds. The van der Waals surface area contributed by atoms with Gasteiger partial charge in [-0.05, 0) is 43.2 Å². The van der Waals surface area contributed by atoms with Crippen molar-refractivity contribution in [3.63, 3.8) is 0 Å². The molecule has 3 heterocycles. The van der Waals surface area contributed by atoms with Gasteiger partial charge in [-0.25, -0.2) is 4.68 Å². The van der Waals surface area contributed by atoms with Crippen LogP contribution in [-0.2, 0) is 13.6 Å². The van der Waals surface area contributed by atoms with E-state index in [0.717, 1.165) is 29.1 Å². The molecule has 0 radical (unpaired) electrons. The number of ether oxygens (including phenoxy) is 2. The lowest BCUT2D eigenvalue weighted by Gasteiger charge is -2.11. The van der Waals surface area contributed by atoms with Gasteiger partial charge in [0.2, 0.25) is 5.88 Å². The molecule has 3 aromatic heterocycles. The summed E-state index contributed by atoms with van der Waals surface area (Å²) in [7, 11) is 3.25. The van der Waals surface area contributed by atoms with Crippen molar-refractivity contribution in [3.8, 4) is 11.6 Å². The minimum atomic E-state index is -0.195. The molecule has 156 valence electrons. The van der Waals surface area contributed by atoms with Crippen LogP contribution in [0.2, 0.25) is 0 Å². The molecule has 0 aliphatic heterocycles. The Hall–Kier alpha value is -3.42. The van der Waals surface area contributed by atoms with Gasteiger partial charge in [-0.2, -0.15) is 0 Å². The SMILES string of the molecule is COc1ccc(C2CC2COc2cc(NCc3ccnc(C)c3)c(=O)n(C)n2)nc1. The summed E-state index contributed by atoms with van der Waals surface area (Å²) >= 11 is 0. The zero-order valence-electron chi connectivity index (χ0n) is 17.3. The minimum Gasteiger partial charge on any atom is -0.495 e. The van der Waals surface area contributed by atoms with Crippen molar-refractivity contribution in [2.24, 2.45) is 13.0 Å². The summed E-state index contributed by atoms with van der Waals surface area (Å²) in [6.45, 7) is 3.00. The van der Waals surface area contributed by atoms with E-state index in [-0.39, 0.29) is 5.56 Å². The number of methoxy groups -OCH3 is 1. The molecule has 0 bridgehead atoms. The normalized spacial score (nSPS) is 17.4. The second-order valence-electron chi connectivity index (χ2n) is 7.52. The number of hydrogen-bond donors (Lipinski definition) is 1. The van der Waals surface area contributed by atoms with Gasteiger partial charge >= 0.3 is 0 Å². The van der Waals surface area contributed by atoms with E-state index in [2.05, 4.69) is 20.4 Å². The fraction of sp³-hybridized carbons (Fsp3) is 0.364. The molecule has 0 saturated heterocycles. The Morgan fingerprint density at radius 2 is 2.10 bits per heavy atom. The number of rotatable bonds is 8. The Bertz CT molecular complexity index is 1080. The summed E-state index contributed by atoms with van der Waals surface area (Å²) in [4.78, 5) is 21.0. The van der Waals surface area contributed by atoms with Crippen molar-refractivity contribution in [1.82, 2.24) is 19.7 Å². The molecule has 8 nitrogen and oxygen atoms in total. The highest BCUT2D eigenvalue weighted by Crippen LogP contribution is 2.46. The van der Waals surface area contributed by atoms with Crippen LogP contribution in [0.15, 0.2) is 47.5 Å². The van der Waals surface area contributed by atoms with Crippen LogP contribution in [-0.4, -0.2) is 33.5 Å². The average molecular weight is 407 g/mol. The first-order valence-electron chi connectivity index (χ1n) is 9.90. The molecule has 1 saturated carbocycles. The first kappa shape index (κ1) is 19.9. The molecule has 2 atom stereocenters. The second-order valence-corrected chi connectivity index (χ2v) is 7.52. The lowest BCUT2D eigenvalue weighted by molar-refractivity contribution is 0.278. The molecule has 0 aromatic carbocycles. The standard InChI is InChI=1S/C22H25N5O3/c1-14-8-15(6-7-23-14)11-24-20-10-21(26-27(2)22(20)28)30-13-16-9-18(16)19-5-4-17(29-3)12-25-19/h4-8,10,12,16,18,24H,9,11,13H2,1-3H3. The van der Waals surface area contributed by atoms with Gasteiger partial charge in [0, 0.05) is 49.1 Å². The second kappa shape index (κ2) is 8.52. The summed E-state index contributed by atoms with van der Waals surface area (Å²) in [5.41, 5.74) is 3.30. The Morgan fingerprint density at radius 3 is 2.83 bits per heavy atom. The van der Waals surface area contributed by atoms with Crippen LogP contribution in [0.3, 0.4) is 0 Å². The highest BCUT2D eigenvalue weighted by molar-refractivity contribution is 5.44. The van der Waals surface area contributed by atoms with Crippen LogP contribution in [0, 0.1) is 12.8 Å². The molecule has 1 aliphatic rings. The average Bonchev–Trinajstić information content (AvgIpc) is 3.53. The molecule has 1 aliphatic carbocycles. The summed E-state index contributed by atoms with van der Waals surface area (Å²) in [5.74, 6) is 1.96. The van der Waals surface area contributed by atoms with Crippen molar-refractivity contribution >= 4 is 5.69 Å². The summed E-state index contributed by atoms with van der Waals surface area (Å²) in [5, 5.41) is 7.41. The number of pyridine rings is 2. The van der Waals surface area contributed by atoms with E-state index in [1.54, 1.807) is 32.6 Å². The number of aryl methyl sites for hydroxylation is 2. The maximum atomic E-state index is 12.4. The van der Waals surface area contributed by atoms with Gasteiger partial charge in [0.1, 0.15) is 11.4 Å². The fourth-order valence-electron chi connectivity index (χ4n) is 3.41. The lowest BCUT2D eigenvalue weighted by atomic mass is 10.2. The first-order valence-corrected chi connectivity index (χ1v) is 9.90. The van der Waals surface area contributed by atoms with Crippen molar-refractivity contribution in [1.29, 1.82) is 0 Å². The summed E-state index contributed by atoms with van der Waals surface area (Å²) in [6.07, 6.45) is 4.52. The number of aromatic nitrogens is 4. The Kier molecular flexibility index (Phi) is 5.65. The predicted octanol–water partition coefficient (Wildman–Crippen LogP) is 2.68.